The third-order valence-corrected chi connectivity index (χ3v) is 4.39. The van der Waals surface area contributed by atoms with E-state index in [-0.39, 0.29) is 0 Å². The van der Waals surface area contributed by atoms with Crippen LogP contribution in [0, 0.1) is 0 Å². The van der Waals surface area contributed by atoms with E-state index < -0.39 is 0 Å². The van der Waals surface area contributed by atoms with Crippen LogP contribution in [0.5, 0.6) is 0 Å². The van der Waals surface area contributed by atoms with Gasteiger partial charge in [-0.15, -0.1) is 5.10 Å². The summed E-state index contributed by atoms with van der Waals surface area (Å²) >= 11 is 0. The van der Waals surface area contributed by atoms with Crippen LogP contribution < -0.4 is 5.32 Å². The number of hydrogen-bond donors (Lipinski definition) is 1. The van der Waals surface area contributed by atoms with Gasteiger partial charge in [-0.1, -0.05) is 45.2 Å². The van der Waals surface area contributed by atoms with Gasteiger partial charge in [0.05, 0.1) is 12.2 Å². The molecule has 1 aromatic rings. The van der Waals surface area contributed by atoms with E-state index in [2.05, 4.69) is 47.5 Å². The fraction of sp³-hybridized carbons (Fsp3) is 0.875. The zero-order valence-corrected chi connectivity index (χ0v) is 13.9. The van der Waals surface area contributed by atoms with Crippen LogP contribution in [0.1, 0.15) is 58.6 Å². The number of nitrogens with one attached hydrogen (secondary N) is 1. The summed E-state index contributed by atoms with van der Waals surface area (Å²) in [6.07, 6.45) is 9.03. The Morgan fingerprint density at radius 3 is 2.76 bits per heavy atom. The van der Waals surface area contributed by atoms with Crippen molar-refractivity contribution < 1.29 is 0 Å². The van der Waals surface area contributed by atoms with Crippen molar-refractivity contribution in [1.29, 1.82) is 0 Å². The normalized spacial score (nSPS) is 17.0. The second-order valence-electron chi connectivity index (χ2n) is 6.43. The quantitative estimate of drug-likeness (QED) is 0.799. The lowest BCUT2D eigenvalue weighted by Gasteiger charge is -2.33. The predicted molar refractivity (Wildman–Crippen MR) is 86.1 cm³/mol. The molecule has 120 valence electrons. The van der Waals surface area contributed by atoms with E-state index in [9.17, 15) is 0 Å². The Labute approximate surface area is 129 Å². The third kappa shape index (κ3) is 5.40. The van der Waals surface area contributed by atoms with E-state index in [1.807, 2.05) is 4.68 Å². The van der Waals surface area contributed by atoms with Crippen molar-refractivity contribution in [3.63, 3.8) is 0 Å². The fourth-order valence-electron chi connectivity index (χ4n) is 3.11. The van der Waals surface area contributed by atoms with Gasteiger partial charge in [-0.25, -0.2) is 0 Å². The third-order valence-electron chi connectivity index (χ3n) is 4.39. The average molecular weight is 293 g/mol. The zero-order chi connectivity index (χ0) is 15.1. The van der Waals surface area contributed by atoms with E-state index in [0.717, 1.165) is 37.9 Å². The van der Waals surface area contributed by atoms with Crippen LogP contribution >= 0.6 is 0 Å². The van der Waals surface area contributed by atoms with Gasteiger partial charge in [-0.05, 0) is 19.4 Å². The Morgan fingerprint density at radius 2 is 2.10 bits per heavy atom. The minimum atomic E-state index is 0.483. The maximum atomic E-state index is 4.25. The van der Waals surface area contributed by atoms with Gasteiger partial charge in [0.25, 0.3) is 0 Å². The first kappa shape index (κ1) is 16.4. The first-order chi connectivity index (χ1) is 10.2. The molecule has 0 amide bonds. The van der Waals surface area contributed by atoms with Crippen LogP contribution in [0.4, 0.5) is 0 Å². The van der Waals surface area contributed by atoms with E-state index in [1.165, 1.54) is 32.1 Å². The molecule has 0 atom stereocenters. The fourth-order valence-corrected chi connectivity index (χ4v) is 3.11. The molecular weight excluding hydrogens is 262 g/mol. The summed E-state index contributed by atoms with van der Waals surface area (Å²) in [5.74, 6) is 0. The highest BCUT2D eigenvalue weighted by atomic mass is 15.4. The van der Waals surface area contributed by atoms with Gasteiger partial charge >= 0.3 is 0 Å². The maximum absolute atomic E-state index is 4.25. The second kappa shape index (κ2) is 8.49. The van der Waals surface area contributed by atoms with Gasteiger partial charge < -0.3 is 5.32 Å². The molecule has 5 heteroatoms. The molecule has 1 fully saturated rings. The summed E-state index contributed by atoms with van der Waals surface area (Å²) in [7, 11) is 0. The molecule has 1 heterocycles. The van der Waals surface area contributed by atoms with Gasteiger partial charge in [0.1, 0.15) is 0 Å². The Morgan fingerprint density at radius 1 is 1.33 bits per heavy atom. The van der Waals surface area contributed by atoms with Crippen molar-refractivity contribution in [2.24, 2.45) is 0 Å². The molecule has 1 aromatic heterocycles. The predicted octanol–water partition coefficient (Wildman–Crippen LogP) is 2.43. The van der Waals surface area contributed by atoms with Crippen molar-refractivity contribution in [3.8, 4) is 0 Å². The van der Waals surface area contributed by atoms with Gasteiger partial charge in [0.15, 0.2) is 0 Å². The van der Waals surface area contributed by atoms with Gasteiger partial charge in [0, 0.05) is 31.4 Å². The highest BCUT2D eigenvalue weighted by molar-refractivity contribution is 4.92. The lowest BCUT2D eigenvalue weighted by Crippen LogP contribution is -2.38. The molecule has 0 spiro atoms. The lowest BCUT2D eigenvalue weighted by molar-refractivity contribution is 0.156. The summed E-state index contributed by atoms with van der Waals surface area (Å²) in [6.45, 7) is 10.5. The smallest absolute Gasteiger partial charge is 0.0964 e. The number of nitrogens with zero attached hydrogens (tertiary/aromatic N) is 4. The van der Waals surface area contributed by atoms with Crippen LogP contribution in [0.2, 0.25) is 0 Å². The average Bonchev–Trinajstić information content (AvgIpc) is 2.95. The van der Waals surface area contributed by atoms with E-state index in [0.29, 0.717) is 6.04 Å². The summed E-state index contributed by atoms with van der Waals surface area (Å²) in [5, 5.41) is 11.9. The number of likely N-dealkylation sites (N-methyl/N-ethyl adjacent to an activating group) is 1. The minimum absolute atomic E-state index is 0.483. The Bertz CT molecular complexity index is 395. The molecule has 0 radical (unpaired) electrons. The van der Waals surface area contributed by atoms with Gasteiger partial charge in [0.2, 0.25) is 0 Å². The molecular formula is C16H31N5. The molecule has 1 aliphatic carbocycles. The number of rotatable bonds is 8. The molecule has 1 aliphatic rings. The largest absolute Gasteiger partial charge is 0.309 e. The standard InChI is InChI=1S/C16H31N5/c1-4-20(16-8-6-5-7-9-16)10-11-21-13-15(18-19-21)12-17-14(2)3/h13-14,16-17H,4-12H2,1-3H3. The van der Waals surface area contributed by atoms with Crippen molar-refractivity contribution in [1.82, 2.24) is 25.2 Å². The number of hydrogen-bond acceptors (Lipinski definition) is 4. The summed E-state index contributed by atoms with van der Waals surface area (Å²) in [5.41, 5.74) is 1.03. The van der Waals surface area contributed by atoms with Gasteiger partial charge in [-0.2, -0.15) is 0 Å². The molecule has 1 N–H and O–H groups in total. The van der Waals surface area contributed by atoms with Crippen LogP contribution in [-0.4, -0.2) is 45.1 Å². The van der Waals surface area contributed by atoms with Crippen molar-refractivity contribution in [2.75, 3.05) is 13.1 Å². The first-order valence-electron chi connectivity index (χ1n) is 8.55. The Balaban J connectivity index is 1.78. The maximum Gasteiger partial charge on any atom is 0.0964 e. The Hall–Kier alpha value is -0.940. The monoisotopic (exact) mass is 293 g/mol. The van der Waals surface area contributed by atoms with Crippen LogP contribution in [0.15, 0.2) is 6.20 Å². The first-order valence-corrected chi connectivity index (χ1v) is 8.55. The molecule has 5 nitrogen and oxygen atoms in total. The molecule has 0 aliphatic heterocycles. The van der Waals surface area contributed by atoms with Crippen molar-refractivity contribution in [3.05, 3.63) is 11.9 Å². The zero-order valence-electron chi connectivity index (χ0n) is 13.9. The van der Waals surface area contributed by atoms with Crippen LogP contribution in [0.3, 0.4) is 0 Å². The molecule has 0 aromatic carbocycles. The van der Waals surface area contributed by atoms with Crippen LogP contribution in [0.25, 0.3) is 0 Å². The lowest BCUT2D eigenvalue weighted by atomic mass is 9.94. The molecule has 0 saturated heterocycles. The summed E-state index contributed by atoms with van der Waals surface area (Å²) in [6, 6.07) is 1.27. The van der Waals surface area contributed by atoms with Crippen molar-refractivity contribution in [2.45, 2.75) is 78.0 Å². The topological polar surface area (TPSA) is 46.0 Å². The number of aromatic nitrogens is 3. The SMILES string of the molecule is CCN(CCn1cc(CNC(C)C)nn1)C1CCCCC1. The highest BCUT2D eigenvalue weighted by Crippen LogP contribution is 2.22. The molecule has 2 rings (SSSR count). The van der Waals surface area contributed by atoms with E-state index in [4.69, 9.17) is 0 Å². The molecule has 1 saturated carbocycles. The second-order valence-corrected chi connectivity index (χ2v) is 6.43. The summed E-state index contributed by atoms with van der Waals surface area (Å²) in [4.78, 5) is 2.62. The van der Waals surface area contributed by atoms with E-state index in [1.54, 1.807) is 0 Å². The van der Waals surface area contributed by atoms with Gasteiger partial charge in [-0.3, -0.25) is 9.58 Å². The molecule has 0 unspecified atom stereocenters. The van der Waals surface area contributed by atoms with Crippen molar-refractivity contribution >= 4 is 0 Å². The Kier molecular flexibility index (Phi) is 6.64. The minimum Gasteiger partial charge on any atom is -0.309 e. The van der Waals surface area contributed by atoms with E-state index >= 15 is 0 Å². The summed E-state index contributed by atoms with van der Waals surface area (Å²) < 4.78 is 1.99. The van der Waals surface area contributed by atoms with Crippen LogP contribution in [-0.2, 0) is 13.1 Å². The highest BCUT2D eigenvalue weighted by Gasteiger charge is 2.19. The molecule has 21 heavy (non-hydrogen) atoms. The molecule has 0 bridgehead atoms.